The van der Waals surface area contributed by atoms with Gasteiger partial charge in [-0.3, -0.25) is 9.48 Å². The minimum atomic E-state index is -4.52. The van der Waals surface area contributed by atoms with E-state index < -0.39 is 28.8 Å². The summed E-state index contributed by atoms with van der Waals surface area (Å²) >= 11 is 0. The minimum absolute atomic E-state index is 0.0909. The maximum Gasteiger partial charge on any atom is 0.416 e. The molecule has 0 spiro atoms. The summed E-state index contributed by atoms with van der Waals surface area (Å²) in [4.78, 5) is 12.7. The fourth-order valence-corrected chi connectivity index (χ4v) is 2.70. The van der Waals surface area contributed by atoms with Gasteiger partial charge in [0.2, 0.25) is 0 Å². The first-order chi connectivity index (χ1) is 11.9. The number of carbonyl (C=O) groups is 1. The van der Waals surface area contributed by atoms with Crippen LogP contribution < -0.4 is 5.32 Å². The summed E-state index contributed by atoms with van der Waals surface area (Å²) in [5, 5.41) is 17.2. The van der Waals surface area contributed by atoms with E-state index in [1.54, 1.807) is 26.2 Å². The summed E-state index contributed by atoms with van der Waals surface area (Å²) in [5.41, 5.74) is -2.08. The molecule has 0 aliphatic heterocycles. The molecule has 1 amide bonds. The zero-order chi connectivity index (χ0) is 19.3. The van der Waals surface area contributed by atoms with Gasteiger partial charge in [0.1, 0.15) is 5.54 Å². The van der Waals surface area contributed by atoms with Crippen molar-refractivity contribution in [3.05, 3.63) is 47.3 Å². The highest BCUT2D eigenvalue weighted by Gasteiger charge is 2.45. The van der Waals surface area contributed by atoms with Crippen LogP contribution in [0.15, 0.2) is 30.6 Å². The summed E-state index contributed by atoms with van der Waals surface area (Å²) in [5.74, 6) is -0.439. The van der Waals surface area contributed by atoms with Crippen LogP contribution in [0.25, 0.3) is 0 Å². The molecule has 1 fully saturated rings. The van der Waals surface area contributed by atoms with Gasteiger partial charge in [-0.2, -0.15) is 18.3 Å². The number of rotatable bonds is 4. The minimum Gasteiger partial charge on any atom is -0.385 e. The average Bonchev–Trinajstić information content (AvgIpc) is 3.13. The van der Waals surface area contributed by atoms with Gasteiger partial charge in [-0.15, -0.1) is 0 Å². The van der Waals surface area contributed by atoms with Crippen LogP contribution in [0.1, 0.15) is 43.4 Å². The molecular weight excluding hydrogens is 347 g/mol. The zero-order valence-corrected chi connectivity index (χ0v) is 14.7. The Morgan fingerprint density at radius 2 is 1.96 bits per heavy atom. The number of amides is 1. The van der Waals surface area contributed by atoms with Crippen molar-refractivity contribution in [2.24, 2.45) is 0 Å². The Labute approximate surface area is 148 Å². The summed E-state index contributed by atoms with van der Waals surface area (Å²) in [6.45, 7) is 5.16. The number of aryl methyl sites for hydroxylation is 1. The Morgan fingerprint density at radius 1 is 1.31 bits per heavy atom. The van der Waals surface area contributed by atoms with E-state index in [1.165, 1.54) is 10.7 Å². The predicted molar refractivity (Wildman–Crippen MR) is 89.5 cm³/mol. The van der Waals surface area contributed by atoms with Crippen LogP contribution in [0.3, 0.4) is 0 Å². The van der Waals surface area contributed by atoms with E-state index in [2.05, 4.69) is 10.4 Å². The number of hydrogen-bond acceptors (Lipinski definition) is 3. The second-order valence-electron chi connectivity index (χ2n) is 7.27. The molecule has 26 heavy (non-hydrogen) atoms. The lowest BCUT2D eigenvalue weighted by molar-refractivity contribution is -0.137. The number of aromatic nitrogens is 2. The van der Waals surface area contributed by atoms with E-state index in [4.69, 9.17) is 0 Å². The molecule has 1 aromatic carbocycles. The predicted octanol–water partition coefficient (Wildman–Crippen LogP) is 3.57. The summed E-state index contributed by atoms with van der Waals surface area (Å²) in [6, 6.07) is 3.00. The highest BCUT2D eigenvalue weighted by molar-refractivity contribution is 5.97. The van der Waals surface area contributed by atoms with E-state index in [-0.39, 0.29) is 11.3 Å². The Bertz CT molecular complexity index is 852. The lowest BCUT2D eigenvalue weighted by Gasteiger charge is -2.26. The Morgan fingerprint density at radius 3 is 2.46 bits per heavy atom. The highest BCUT2D eigenvalue weighted by Crippen LogP contribution is 2.49. The number of nitrogens with zero attached hydrogens (tertiary/aromatic N) is 2. The molecule has 3 rings (SSSR count). The quantitative estimate of drug-likeness (QED) is 0.868. The third kappa shape index (κ3) is 3.33. The Balaban J connectivity index is 1.93. The molecule has 1 aliphatic rings. The second-order valence-corrected chi connectivity index (χ2v) is 7.27. The largest absolute Gasteiger partial charge is 0.416 e. The first kappa shape index (κ1) is 18.4. The lowest BCUT2D eigenvalue weighted by atomic mass is 9.99. The second kappa shape index (κ2) is 5.84. The molecule has 1 aliphatic carbocycles. The van der Waals surface area contributed by atoms with Crippen molar-refractivity contribution in [1.29, 1.82) is 0 Å². The van der Waals surface area contributed by atoms with Crippen molar-refractivity contribution >= 4 is 11.6 Å². The highest BCUT2D eigenvalue weighted by atomic mass is 19.4. The van der Waals surface area contributed by atoms with Gasteiger partial charge >= 0.3 is 6.18 Å². The molecule has 2 aromatic rings. The van der Waals surface area contributed by atoms with E-state index in [0.717, 1.165) is 17.7 Å². The number of nitrogens with one attached hydrogen (secondary N) is 1. The number of hydrogen-bond donors (Lipinski definition) is 2. The molecule has 5 nitrogen and oxygen atoms in total. The van der Waals surface area contributed by atoms with Gasteiger partial charge in [-0.05, 0) is 57.4 Å². The van der Waals surface area contributed by atoms with Gasteiger partial charge in [-0.25, -0.2) is 0 Å². The van der Waals surface area contributed by atoms with Crippen molar-refractivity contribution in [3.8, 4) is 0 Å². The van der Waals surface area contributed by atoms with Crippen molar-refractivity contribution in [1.82, 2.24) is 9.78 Å². The number of aliphatic hydroxyl groups is 1. The van der Waals surface area contributed by atoms with Gasteiger partial charge in [-0.1, -0.05) is 0 Å². The zero-order valence-electron chi connectivity index (χ0n) is 14.7. The van der Waals surface area contributed by atoms with Crippen LogP contribution in [-0.2, 0) is 22.1 Å². The lowest BCUT2D eigenvalue weighted by Crippen LogP contribution is -2.41. The SMILES string of the molecule is Cc1cnn(C(C)(C)C(=O)Nc2ccc(C(F)(F)F)cc2C2(O)CC2)c1. The fourth-order valence-electron chi connectivity index (χ4n) is 2.70. The molecule has 2 N–H and O–H groups in total. The number of anilines is 1. The third-order valence-corrected chi connectivity index (χ3v) is 4.66. The molecule has 1 saturated carbocycles. The van der Waals surface area contributed by atoms with Crippen molar-refractivity contribution in [2.75, 3.05) is 5.32 Å². The molecule has 140 valence electrons. The molecule has 0 bridgehead atoms. The fraction of sp³-hybridized carbons (Fsp3) is 0.444. The molecule has 0 unspecified atom stereocenters. The van der Waals surface area contributed by atoms with Gasteiger partial charge < -0.3 is 10.4 Å². The molecular formula is C18H20F3N3O2. The van der Waals surface area contributed by atoms with Crippen LogP contribution in [0, 0.1) is 6.92 Å². The molecule has 0 atom stereocenters. The van der Waals surface area contributed by atoms with Crippen LogP contribution >= 0.6 is 0 Å². The first-order valence-electron chi connectivity index (χ1n) is 8.21. The number of alkyl halides is 3. The van der Waals surface area contributed by atoms with E-state index >= 15 is 0 Å². The van der Waals surface area contributed by atoms with Gasteiger partial charge in [0.05, 0.1) is 17.4 Å². The summed E-state index contributed by atoms with van der Waals surface area (Å²) < 4.78 is 40.5. The maximum atomic E-state index is 13.0. The number of benzene rings is 1. The van der Waals surface area contributed by atoms with E-state index in [1.807, 2.05) is 6.92 Å². The molecule has 1 heterocycles. The molecule has 0 saturated heterocycles. The van der Waals surface area contributed by atoms with Crippen molar-refractivity contribution < 1.29 is 23.1 Å². The topological polar surface area (TPSA) is 67.2 Å². The van der Waals surface area contributed by atoms with Crippen LogP contribution in [0.2, 0.25) is 0 Å². The van der Waals surface area contributed by atoms with Crippen LogP contribution in [0.4, 0.5) is 18.9 Å². The molecule has 8 heteroatoms. The number of carbonyl (C=O) groups excluding carboxylic acids is 1. The van der Waals surface area contributed by atoms with Gasteiger partial charge in [0, 0.05) is 17.4 Å². The number of halogens is 3. The standard InChI is InChI=1S/C18H20F3N3O2/c1-11-9-22-24(10-11)16(2,3)15(25)23-14-5-4-12(18(19,20)21)8-13(14)17(26)6-7-17/h4-5,8-10,26H,6-7H2,1-3H3,(H,23,25). The Kier molecular flexibility index (Phi) is 4.14. The third-order valence-electron chi connectivity index (χ3n) is 4.66. The molecule has 0 radical (unpaired) electrons. The van der Waals surface area contributed by atoms with E-state index in [0.29, 0.717) is 12.8 Å². The van der Waals surface area contributed by atoms with Crippen molar-refractivity contribution in [2.45, 2.75) is 50.9 Å². The summed E-state index contributed by atoms with van der Waals surface area (Å²) in [7, 11) is 0. The van der Waals surface area contributed by atoms with Crippen LogP contribution in [0.5, 0.6) is 0 Å². The molecule has 1 aromatic heterocycles. The Hall–Kier alpha value is -2.35. The summed E-state index contributed by atoms with van der Waals surface area (Å²) in [6.07, 6.45) is -0.473. The smallest absolute Gasteiger partial charge is 0.385 e. The van der Waals surface area contributed by atoms with Crippen LogP contribution in [-0.4, -0.2) is 20.8 Å². The normalized spacial score (nSPS) is 16.4. The van der Waals surface area contributed by atoms with Crippen molar-refractivity contribution in [3.63, 3.8) is 0 Å². The van der Waals surface area contributed by atoms with Gasteiger partial charge in [0.25, 0.3) is 5.91 Å². The monoisotopic (exact) mass is 367 g/mol. The average molecular weight is 367 g/mol. The van der Waals surface area contributed by atoms with Gasteiger partial charge in [0.15, 0.2) is 0 Å². The first-order valence-corrected chi connectivity index (χ1v) is 8.21. The van der Waals surface area contributed by atoms with E-state index in [9.17, 15) is 23.1 Å². The maximum absolute atomic E-state index is 13.0.